The number of hydrogen-bond acceptors (Lipinski definition) is 3. The third-order valence-corrected chi connectivity index (χ3v) is 4.24. The molecule has 0 bridgehead atoms. The number of nitrogens with one attached hydrogen (secondary N) is 1. The van der Waals surface area contributed by atoms with Crippen LogP contribution in [0.3, 0.4) is 0 Å². The molecular weight excluding hydrogens is 308 g/mol. The average molecular weight is 327 g/mol. The Balaban J connectivity index is 1.69. The normalized spacial score (nSPS) is 23.7. The van der Waals surface area contributed by atoms with Gasteiger partial charge >= 0.3 is 0 Å². The van der Waals surface area contributed by atoms with Crippen molar-refractivity contribution < 1.29 is 5.11 Å². The second-order valence-electron chi connectivity index (χ2n) is 5.94. The minimum absolute atomic E-state index is 0.178. The lowest BCUT2D eigenvalue weighted by molar-refractivity contribution is 0.0561. The van der Waals surface area contributed by atoms with E-state index < -0.39 is 5.60 Å². The number of anilines is 1. The van der Waals surface area contributed by atoms with E-state index in [4.69, 9.17) is 11.6 Å². The topological polar surface area (TPSA) is 45.1 Å². The average Bonchev–Trinajstić information content (AvgIpc) is 2.54. The molecule has 4 heteroatoms. The van der Waals surface area contributed by atoms with Crippen molar-refractivity contribution in [3.05, 3.63) is 59.2 Å². The van der Waals surface area contributed by atoms with Crippen molar-refractivity contribution in [2.45, 2.75) is 37.3 Å². The summed E-state index contributed by atoms with van der Waals surface area (Å²) in [5.41, 5.74) is -0.141. The molecule has 0 unspecified atom stereocenters. The second kappa shape index (κ2) is 7.04. The van der Waals surface area contributed by atoms with Crippen LogP contribution in [-0.4, -0.2) is 21.7 Å². The van der Waals surface area contributed by atoms with Gasteiger partial charge in [0.25, 0.3) is 0 Å². The highest BCUT2D eigenvalue weighted by atomic mass is 35.5. The second-order valence-corrected chi connectivity index (χ2v) is 6.38. The molecule has 0 amide bonds. The maximum atomic E-state index is 10.8. The summed E-state index contributed by atoms with van der Waals surface area (Å²) in [5.74, 6) is 6.93. The van der Waals surface area contributed by atoms with Crippen molar-refractivity contribution in [1.82, 2.24) is 4.98 Å². The highest BCUT2D eigenvalue weighted by molar-refractivity contribution is 6.30. The molecule has 23 heavy (non-hydrogen) atoms. The Morgan fingerprint density at radius 2 is 2.17 bits per heavy atom. The SMILES string of the molecule is O[C@@]1(C#Cc2cccc(Cl)c2)CCC[C@H](Nc2ccccn2)C1. The molecule has 0 saturated heterocycles. The van der Waals surface area contributed by atoms with Gasteiger partial charge in [0, 0.05) is 29.2 Å². The van der Waals surface area contributed by atoms with E-state index in [2.05, 4.69) is 22.1 Å². The largest absolute Gasteiger partial charge is 0.378 e. The van der Waals surface area contributed by atoms with Gasteiger partial charge in [-0.25, -0.2) is 4.98 Å². The van der Waals surface area contributed by atoms with Gasteiger partial charge in [-0.2, -0.15) is 0 Å². The molecule has 3 rings (SSSR count). The van der Waals surface area contributed by atoms with Crippen molar-refractivity contribution >= 4 is 17.4 Å². The van der Waals surface area contributed by atoms with E-state index >= 15 is 0 Å². The first-order valence-corrected chi connectivity index (χ1v) is 8.19. The maximum absolute atomic E-state index is 10.8. The zero-order chi connectivity index (χ0) is 16.1. The molecule has 2 aromatic rings. The molecule has 3 nitrogen and oxygen atoms in total. The van der Waals surface area contributed by atoms with Crippen molar-refractivity contribution in [3.63, 3.8) is 0 Å². The molecule has 0 radical (unpaired) electrons. The molecule has 0 aliphatic heterocycles. The van der Waals surface area contributed by atoms with Gasteiger partial charge < -0.3 is 10.4 Å². The predicted octanol–water partition coefficient (Wildman–Crippen LogP) is 3.87. The van der Waals surface area contributed by atoms with Crippen LogP contribution in [0.2, 0.25) is 5.02 Å². The summed E-state index contributed by atoms with van der Waals surface area (Å²) in [6.07, 6.45) is 5.00. The van der Waals surface area contributed by atoms with Crippen LogP contribution in [0.4, 0.5) is 5.82 Å². The molecule has 0 spiro atoms. The summed E-state index contributed by atoms with van der Waals surface area (Å²) in [6, 6.07) is 13.3. The van der Waals surface area contributed by atoms with Crippen LogP contribution in [-0.2, 0) is 0 Å². The quantitative estimate of drug-likeness (QED) is 0.823. The highest BCUT2D eigenvalue weighted by Crippen LogP contribution is 2.29. The van der Waals surface area contributed by atoms with Crippen molar-refractivity contribution in [2.75, 3.05) is 5.32 Å². The van der Waals surface area contributed by atoms with Crippen LogP contribution >= 0.6 is 11.6 Å². The number of hydrogen-bond donors (Lipinski definition) is 2. The molecule has 1 aliphatic rings. The molecule has 2 N–H and O–H groups in total. The van der Waals surface area contributed by atoms with Crippen LogP contribution in [0.15, 0.2) is 48.7 Å². The summed E-state index contributed by atoms with van der Waals surface area (Å²) >= 11 is 5.97. The minimum Gasteiger partial charge on any atom is -0.378 e. The van der Waals surface area contributed by atoms with Gasteiger partial charge in [-0.3, -0.25) is 0 Å². The van der Waals surface area contributed by atoms with E-state index in [1.165, 1.54) is 0 Å². The molecule has 118 valence electrons. The van der Waals surface area contributed by atoms with Gasteiger partial charge in [0.2, 0.25) is 0 Å². The van der Waals surface area contributed by atoms with Crippen LogP contribution in [0.25, 0.3) is 0 Å². The van der Waals surface area contributed by atoms with Gasteiger partial charge in [-0.15, -0.1) is 0 Å². The zero-order valence-electron chi connectivity index (χ0n) is 12.8. The Morgan fingerprint density at radius 1 is 1.26 bits per heavy atom. The summed E-state index contributed by atoms with van der Waals surface area (Å²) in [4.78, 5) is 4.28. The lowest BCUT2D eigenvalue weighted by Gasteiger charge is -2.33. The molecule has 1 heterocycles. The Bertz CT molecular complexity index is 723. The Labute approximate surface area is 141 Å². The highest BCUT2D eigenvalue weighted by Gasteiger charge is 2.32. The Hall–Kier alpha value is -2.02. The summed E-state index contributed by atoms with van der Waals surface area (Å²) in [6.45, 7) is 0. The van der Waals surface area contributed by atoms with Gasteiger partial charge in [-0.05, 0) is 49.6 Å². The third kappa shape index (κ3) is 4.48. The van der Waals surface area contributed by atoms with E-state index in [1.807, 2.05) is 42.5 Å². The van der Waals surface area contributed by atoms with Gasteiger partial charge in [0.05, 0.1) is 0 Å². The Kier molecular flexibility index (Phi) is 4.85. The first-order chi connectivity index (χ1) is 11.1. The number of halogens is 1. The number of rotatable bonds is 2. The van der Waals surface area contributed by atoms with E-state index in [9.17, 15) is 5.11 Å². The van der Waals surface area contributed by atoms with Crippen molar-refractivity contribution in [1.29, 1.82) is 0 Å². The zero-order valence-corrected chi connectivity index (χ0v) is 13.6. The van der Waals surface area contributed by atoms with Gasteiger partial charge in [-0.1, -0.05) is 35.6 Å². The number of nitrogens with zero attached hydrogens (tertiary/aromatic N) is 1. The van der Waals surface area contributed by atoms with E-state index in [-0.39, 0.29) is 6.04 Å². The molecule has 1 aromatic carbocycles. The first-order valence-electron chi connectivity index (χ1n) is 7.82. The first kappa shape index (κ1) is 15.9. The Morgan fingerprint density at radius 3 is 2.96 bits per heavy atom. The number of aliphatic hydroxyl groups is 1. The lowest BCUT2D eigenvalue weighted by atomic mass is 9.82. The maximum Gasteiger partial charge on any atom is 0.127 e. The fourth-order valence-electron chi connectivity index (χ4n) is 2.90. The molecule has 1 fully saturated rings. The van der Waals surface area contributed by atoms with E-state index in [0.29, 0.717) is 17.9 Å². The van der Waals surface area contributed by atoms with Crippen LogP contribution in [0, 0.1) is 11.8 Å². The predicted molar refractivity (Wildman–Crippen MR) is 93.4 cm³/mol. The van der Waals surface area contributed by atoms with Gasteiger partial charge in [0.15, 0.2) is 0 Å². The fraction of sp³-hybridized carbons (Fsp3) is 0.316. The molecule has 1 aliphatic carbocycles. The summed E-state index contributed by atoms with van der Waals surface area (Å²) in [5, 5.41) is 14.8. The van der Waals surface area contributed by atoms with Crippen molar-refractivity contribution in [3.8, 4) is 11.8 Å². The fourth-order valence-corrected chi connectivity index (χ4v) is 3.09. The monoisotopic (exact) mass is 326 g/mol. The summed E-state index contributed by atoms with van der Waals surface area (Å²) in [7, 11) is 0. The summed E-state index contributed by atoms with van der Waals surface area (Å²) < 4.78 is 0. The van der Waals surface area contributed by atoms with Crippen molar-refractivity contribution in [2.24, 2.45) is 0 Å². The molecular formula is C19H19ClN2O. The molecule has 1 saturated carbocycles. The van der Waals surface area contributed by atoms with Gasteiger partial charge in [0.1, 0.15) is 11.4 Å². The number of aromatic nitrogens is 1. The number of benzene rings is 1. The van der Waals surface area contributed by atoms with Crippen LogP contribution in [0.5, 0.6) is 0 Å². The smallest absolute Gasteiger partial charge is 0.127 e. The standard InChI is InChI=1S/C19H19ClN2O/c20-16-6-3-5-15(13-16)9-11-19(23)10-4-7-17(14-19)22-18-8-1-2-12-21-18/h1-3,5-6,8,12-13,17,23H,4,7,10,14H2,(H,21,22)/t17-,19+/m0/s1. The third-order valence-electron chi connectivity index (χ3n) is 4.01. The van der Waals surface area contributed by atoms with E-state index in [0.717, 1.165) is 24.2 Å². The van der Waals surface area contributed by atoms with E-state index in [1.54, 1.807) is 6.20 Å². The lowest BCUT2D eigenvalue weighted by Crippen LogP contribution is -2.39. The van der Waals surface area contributed by atoms with Crippen LogP contribution in [0.1, 0.15) is 31.2 Å². The van der Waals surface area contributed by atoms with Crippen LogP contribution < -0.4 is 5.32 Å². The molecule has 1 aromatic heterocycles. The molecule has 2 atom stereocenters. The number of pyridine rings is 1. The minimum atomic E-state index is -0.965.